The van der Waals surface area contributed by atoms with Gasteiger partial charge in [-0.2, -0.15) is 0 Å². The molecule has 10 heteroatoms. The first-order chi connectivity index (χ1) is 12.7. The Morgan fingerprint density at radius 2 is 1.33 bits per heavy atom. The third-order valence-corrected chi connectivity index (χ3v) is 6.32. The van der Waals surface area contributed by atoms with Crippen molar-refractivity contribution in [1.29, 1.82) is 0 Å². The maximum absolute atomic E-state index is 12.6. The van der Waals surface area contributed by atoms with Gasteiger partial charge < -0.3 is 9.47 Å². The van der Waals surface area contributed by atoms with Crippen molar-refractivity contribution in [2.75, 3.05) is 25.0 Å². The van der Waals surface area contributed by atoms with Gasteiger partial charge in [0.05, 0.1) is 23.0 Å². The van der Waals surface area contributed by atoms with Crippen LogP contribution in [0.25, 0.3) is 0 Å². The fraction of sp³-hybridized carbons (Fsp3) is 0.294. The summed E-state index contributed by atoms with van der Waals surface area (Å²) in [6.45, 7) is 4.39. The maximum atomic E-state index is 12.6. The van der Waals surface area contributed by atoms with E-state index in [1.54, 1.807) is 6.92 Å². The Kier molecular flexibility index (Phi) is 6.68. The number of sulfonamides is 2. The smallest absolute Gasteiger partial charge is 0.262 e. The highest BCUT2D eigenvalue weighted by Gasteiger charge is 2.18. The molecule has 0 aliphatic heterocycles. The van der Waals surface area contributed by atoms with Gasteiger partial charge in [0, 0.05) is 11.8 Å². The summed E-state index contributed by atoms with van der Waals surface area (Å²) in [6.07, 6.45) is 0. The second kappa shape index (κ2) is 8.59. The van der Waals surface area contributed by atoms with Gasteiger partial charge in [-0.15, -0.1) is 0 Å². The van der Waals surface area contributed by atoms with Crippen LogP contribution in [0.5, 0.6) is 11.5 Å². The van der Waals surface area contributed by atoms with E-state index in [-0.39, 0.29) is 15.5 Å². The van der Waals surface area contributed by atoms with Crippen molar-refractivity contribution in [3.8, 4) is 11.5 Å². The van der Waals surface area contributed by atoms with Crippen molar-refractivity contribution in [3.05, 3.63) is 42.5 Å². The lowest BCUT2D eigenvalue weighted by Crippen LogP contribution is -2.18. The Balaban J connectivity index is 2.29. The average molecular weight is 415 g/mol. The Labute approximate surface area is 159 Å². The van der Waals surface area contributed by atoms with Gasteiger partial charge in [-0.25, -0.2) is 21.6 Å². The van der Waals surface area contributed by atoms with E-state index < -0.39 is 20.0 Å². The summed E-state index contributed by atoms with van der Waals surface area (Å²) in [4.78, 5) is 0.0361. The lowest BCUT2D eigenvalue weighted by Gasteiger charge is -2.13. The summed E-state index contributed by atoms with van der Waals surface area (Å²) in [5.41, 5.74) is 0.233. The molecule has 0 spiro atoms. The van der Waals surface area contributed by atoms with Crippen molar-refractivity contribution in [2.24, 2.45) is 0 Å². The molecule has 0 amide bonds. The van der Waals surface area contributed by atoms with E-state index in [0.717, 1.165) is 0 Å². The molecule has 0 aliphatic rings. The molecule has 0 bridgehead atoms. The molecule has 27 heavy (non-hydrogen) atoms. The first kappa shape index (κ1) is 21.0. The van der Waals surface area contributed by atoms with Gasteiger partial charge in [0.2, 0.25) is 10.0 Å². The van der Waals surface area contributed by atoms with Crippen LogP contribution in [-0.2, 0) is 20.0 Å². The lowest BCUT2D eigenvalue weighted by atomic mass is 10.3. The summed E-state index contributed by atoms with van der Waals surface area (Å²) in [7, 11) is -6.18. The monoisotopic (exact) mass is 414 g/mol. The predicted octanol–water partition coefficient (Wildman–Crippen LogP) is 2.19. The minimum absolute atomic E-state index is 0.00123. The summed E-state index contributed by atoms with van der Waals surface area (Å²) in [6, 6.07) is 9.71. The van der Waals surface area contributed by atoms with Crippen LogP contribution < -0.4 is 18.9 Å². The van der Waals surface area contributed by atoms with Crippen LogP contribution in [-0.4, -0.2) is 37.1 Å². The van der Waals surface area contributed by atoms with Crippen LogP contribution in [0.15, 0.2) is 52.3 Å². The average Bonchev–Trinajstić information content (AvgIpc) is 2.63. The summed E-state index contributed by atoms with van der Waals surface area (Å²) >= 11 is 0. The molecule has 0 saturated heterocycles. The fourth-order valence-corrected chi connectivity index (χ4v) is 4.04. The summed E-state index contributed by atoms with van der Waals surface area (Å²) < 4.78 is 64.2. The summed E-state index contributed by atoms with van der Waals surface area (Å²) in [5, 5.41) is 0. The highest BCUT2D eigenvalue weighted by atomic mass is 32.2. The molecule has 148 valence electrons. The highest BCUT2D eigenvalue weighted by Crippen LogP contribution is 2.31. The molecule has 0 heterocycles. The number of benzene rings is 2. The van der Waals surface area contributed by atoms with Crippen LogP contribution in [0.1, 0.15) is 13.8 Å². The predicted molar refractivity (Wildman–Crippen MR) is 102 cm³/mol. The molecule has 0 fully saturated rings. The quantitative estimate of drug-likeness (QED) is 0.651. The van der Waals surface area contributed by atoms with Crippen molar-refractivity contribution < 1.29 is 26.3 Å². The number of rotatable bonds is 9. The molecule has 0 aromatic heterocycles. The minimum atomic E-state index is -3.89. The van der Waals surface area contributed by atoms with Crippen LogP contribution in [0.4, 0.5) is 5.69 Å². The lowest BCUT2D eigenvalue weighted by molar-refractivity contribution is 0.287. The molecule has 0 saturated carbocycles. The molecule has 0 radical (unpaired) electrons. The Morgan fingerprint density at radius 3 is 1.89 bits per heavy atom. The van der Waals surface area contributed by atoms with Gasteiger partial charge in [-0.1, -0.05) is 0 Å². The van der Waals surface area contributed by atoms with Crippen molar-refractivity contribution >= 4 is 25.7 Å². The molecule has 2 N–H and O–H groups in total. The van der Waals surface area contributed by atoms with Gasteiger partial charge in [-0.3, -0.25) is 4.72 Å². The molecule has 2 aromatic rings. The maximum Gasteiger partial charge on any atom is 0.262 e. The minimum Gasteiger partial charge on any atom is -0.490 e. The van der Waals surface area contributed by atoms with Crippen LogP contribution >= 0.6 is 0 Å². The zero-order chi connectivity index (χ0) is 20.1. The number of ether oxygens (including phenoxy) is 2. The molecule has 0 atom stereocenters. The molecule has 0 aliphatic carbocycles. The standard InChI is InChI=1S/C17H22N2O6S2/c1-4-24-16-11-10-15(12-17(16)25-5-2)27(22,23)19-13-6-8-14(9-7-13)26(20,21)18-3/h6-12,18-19H,4-5H2,1-3H3. The van der Waals surface area contributed by atoms with E-state index in [4.69, 9.17) is 9.47 Å². The second-order valence-corrected chi connectivity index (χ2v) is 8.88. The zero-order valence-electron chi connectivity index (χ0n) is 15.2. The molecular weight excluding hydrogens is 392 g/mol. The van der Waals surface area contributed by atoms with Gasteiger partial charge in [0.1, 0.15) is 0 Å². The van der Waals surface area contributed by atoms with E-state index in [0.29, 0.717) is 24.7 Å². The van der Waals surface area contributed by atoms with Gasteiger partial charge in [0.15, 0.2) is 11.5 Å². The number of hydrogen-bond donors (Lipinski definition) is 2. The summed E-state index contributed by atoms with van der Waals surface area (Å²) in [5.74, 6) is 0.789. The largest absolute Gasteiger partial charge is 0.490 e. The van der Waals surface area contributed by atoms with Gasteiger partial charge in [-0.05, 0) is 57.3 Å². The van der Waals surface area contributed by atoms with Crippen molar-refractivity contribution in [1.82, 2.24) is 4.72 Å². The Bertz CT molecular complexity index is 987. The van der Waals surface area contributed by atoms with Crippen LogP contribution in [0, 0.1) is 0 Å². The van der Waals surface area contributed by atoms with E-state index in [1.807, 2.05) is 6.92 Å². The number of nitrogens with one attached hydrogen (secondary N) is 2. The first-order valence-electron chi connectivity index (χ1n) is 8.19. The highest BCUT2D eigenvalue weighted by molar-refractivity contribution is 7.92. The van der Waals surface area contributed by atoms with E-state index in [2.05, 4.69) is 9.44 Å². The fourth-order valence-electron chi connectivity index (χ4n) is 2.23. The Hall–Kier alpha value is -2.30. The number of anilines is 1. The molecule has 2 rings (SSSR count). The van der Waals surface area contributed by atoms with E-state index in [9.17, 15) is 16.8 Å². The first-order valence-corrected chi connectivity index (χ1v) is 11.2. The zero-order valence-corrected chi connectivity index (χ0v) is 16.9. The molecular formula is C17H22N2O6S2. The third-order valence-electron chi connectivity index (χ3n) is 3.51. The Morgan fingerprint density at radius 1 is 0.778 bits per heavy atom. The van der Waals surface area contributed by atoms with E-state index in [1.165, 1.54) is 49.5 Å². The normalized spacial score (nSPS) is 11.8. The molecule has 8 nitrogen and oxygen atoms in total. The van der Waals surface area contributed by atoms with Crippen LogP contribution in [0.3, 0.4) is 0 Å². The number of hydrogen-bond acceptors (Lipinski definition) is 6. The van der Waals surface area contributed by atoms with Crippen LogP contribution in [0.2, 0.25) is 0 Å². The van der Waals surface area contributed by atoms with E-state index >= 15 is 0 Å². The third kappa shape index (κ3) is 5.12. The molecule has 0 unspecified atom stereocenters. The van der Waals surface area contributed by atoms with Crippen molar-refractivity contribution in [2.45, 2.75) is 23.6 Å². The SMILES string of the molecule is CCOc1ccc(S(=O)(=O)Nc2ccc(S(=O)(=O)NC)cc2)cc1OCC. The topological polar surface area (TPSA) is 111 Å². The second-order valence-electron chi connectivity index (χ2n) is 5.31. The molecule has 2 aromatic carbocycles. The van der Waals surface area contributed by atoms with Gasteiger partial charge >= 0.3 is 0 Å². The van der Waals surface area contributed by atoms with Gasteiger partial charge in [0.25, 0.3) is 10.0 Å². The van der Waals surface area contributed by atoms with Crippen molar-refractivity contribution in [3.63, 3.8) is 0 Å².